The van der Waals surface area contributed by atoms with Gasteiger partial charge in [0.25, 0.3) is 0 Å². The van der Waals surface area contributed by atoms with Crippen molar-refractivity contribution in [2.45, 2.75) is 41.6 Å². The van der Waals surface area contributed by atoms with Crippen LogP contribution in [-0.4, -0.2) is 72.6 Å². The van der Waals surface area contributed by atoms with Crippen LogP contribution >= 0.6 is 23.1 Å². The summed E-state index contributed by atoms with van der Waals surface area (Å²) in [6, 6.07) is 1.18. The van der Waals surface area contributed by atoms with Gasteiger partial charge in [0.1, 0.15) is 40.5 Å². The van der Waals surface area contributed by atoms with Gasteiger partial charge in [-0.05, 0) is 13.0 Å². The van der Waals surface area contributed by atoms with E-state index in [2.05, 4.69) is 26.2 Å². The van der Waals surface area contributed by atoms with Crippen molar-refractivity contribution in [1.29, 1.82) is 0 Å². The van der Waals surface area contributed by atoms with Crippen molar-refractivity contribution in [3.8, 4) is 23.0 Å². The van der Waals surface area contributed by atoms with Crippen molar-refractivity contribution < 1.29 is 19.7 Å². The zero-order chi connectivity index (χ0) is 22.0. The van der Waals surface area contributed by atoms with Gasteiger partial charge in [0.05, 0.1) is 12.8 Å². The predicted molar refractivity (Wildman–Crippen MR) is 115 cm³/mol. The molecule has 3 aromatic rings. The summed E-state index contributed by atoms with van der Waals surface area (Å²) in [4.78, 5) is 9.37. The van der Waals surface area contributed by atoms with Gasteiger partial charge in [0.15, 0.2) is 0 Å². The van der Waals surface area contributed by atoms with Gasteiger partial charge in [-0.25, -0.2) is 9.67 Å². The number of rotatable bonds is 6. The molecule has 0 amide bonds. The van der Waals surface area contributed by atoms with Crippen LogP contribution in [0.4, 0.5) is 0 Å². The van der Waals surface area contributed by atoms with E-state index >= 15 is 0 Å². The van der Waals surface area contributed by atoms with Crippen molar-refractivity contribution in [2.24, 2.45) is 0 Å². The molecule has 0 bridgehead atoms. The number of hydrogen-bond acceptors (Lipinski definition) is 10. The Morgan fingerprint density at radius 1 is 1.42 bits per heavy atom. The number of aromatic nitrogens is 5. The largest absolute Gasteiger partial charge is 0.394 e. The Balaban J connectivity index is 1.65. The highest BCUT2D eigenvalue weighted by Gasteiger charge is 2.47. The van der Waals surface area contributed by atoms with E-state index in [9.17, 15) is 10.2 Å². The average Bonchev–Trinajstić information content (AvgIpc) is 3.43. The highest BCUT2D eigenvalue weighted by atomic mass is 32.2. The molecule has 1 saturated heterocycles. The highest BCUT2D eigenvalue weighted by molar-refractivity contribution is 7.99. The number of thiazole rings is 1. The van der Waals surface area contributed by atoms with Gasteiger partial charge in [-0.2, -0.15) is 0 Å². The smallest absolute Gasteiger partial charge is 0.145 e. The number of aryl methyl sites for hydroxylation is 1. The van der Waals surface area contributed by atoms with E-state index in [0.29, 0.717) is 11.3 Å². The van der Waals surface area contributed by atoms with Crippen LogP contribution < -0.4 is 0 Å². The first-order valence-electron chi connectivity index (χ1n) is 9.44. The van der Waals surface area contributed by atoms with Crippen molar-refractivity contribution in [2.75, 3.05) is 13.7 Å². The molecule has 3 aromatic heterocycles. The maximum Gasteiger partial charge on any atom is 0.145 e. The second kappa shape index (κ2) is 9.44. The van der Waals surface area contributed by atoms with Crippen LogP contribution in [0.5, 0.6) is 0 Å². The predicted octanol–water partition coefficient (Wildman–Crippen LogP) is 1.51. The molecule has 5 atom stereocenters. The van der Waals surface area contributed by atoms with Crippen LogP contribution in [0.25, 0.3) is 10.7 Å². The van der Waals surface area contributed by atoms with Crippen molar-refractivity contribution >= 4 is 23.1 Å². The van der Waals surface area contributed by atoms with E-state index in [1.807, 2.05) is 18.4 Å². The molecule has 11 heteroatoms. The molecule has 31 heavy (non-hydrogen) atoms. The van der Waals surface area contributed by atoms with Gasteiger partial charge < -0.3 is 19.7 Å². The summed E-state index contributed by atoms with van der Waals surface area (Å²) in [5.41, 5.74) is 1.59. The molecule has 0 saturated carbocycles. The lowest BCUT2D eigenvalue weighted by Gasteiger charge is -2.43. The normalized spacial score (nSPS) is 26.0. The fourth-order valence-corrected chi connectivity index (χ4v) is 5.33. The van der Waals surface area contributed by atoms with Crippen LogP contribution in [0.15, 0.2) is 34.9 Å². The minimum absolute atomic E-state index is 0.360. The molecule has 3 unspecified atom stereocenters. The Labute approximate surface area is 187 Å². The van der Waals surface area contributed by atoms with E-state index in [0.717, 1.165) is 15.6 Å². The first kappa shape index (κ1) is 21.9. The highest BCUT2D eigenvalue weighted by Crippen LogP contribution is 2.39. The number of terminal acetylenes is 1. The van der Waals surface area contributed by atoms with Crippen molar-refractivity contribution in [3.05, 3.63) is 41.3 Å². The molecule has 1 aliphatic heterocycles. The number of nitrogens with zero attached hydrogens (tertiary/aromatic N) is 5. The molecule has 0 aromatic carbocycles. The summed E-state index contributed by atoms with van der Waals surface area (Å²) < 4.78 is 13.2. The molecular formula is C20H21N5O4S2. The molecular weight excluding hydrogens is 438 g/mol. The lowest BCUT2D eigenvalue weighted by Crippen LogP contribution is -2.55. The monoisotopic (exact) mass is 459 g/mol. The molecule has 4 rings (SSSR count). The van der Waals surface area contributed by atoms with Gasteiger partial charge in [-0.15, -0.1) is 22.9 Å². The van der Waals surface area contributed by atoms with E-state index in [1.54, 1.807) is 30.4 Å². The minimum Gasteiger partial charge on any atom is -0.394 e. The molecule has 4 heterocycles. The maximum atomic E-state index is 10.9. The Morgan fingerprint density at radius 2 is 2.26 bits per heavy atom. The van der Waals surface area contributed by atoms with Gasteiger partial charge in [-0.3, -0.25) is 4.98 Å². The third-order valence-corrected chi connectivity index (χ3v) is 6.97. The summed E-state index contributed by atoms with van der Waals surface area (Å²) in [5.74, 6) is 2.56. The fraction of sp³-hybridized carbons (Fsp3) is 0.400. The number of ether oxygens (including phenoxy) is 2. The Kier molecular flexibility index (Phi) is 6.66. The molecule has 162 valence electrons. The second-order valence-electron chi connectivity index (χ2n) is 6.96. The zero-order valence-corrected chi connectivity index (χ0v) is 18.5. The number of methoxy groups -OCH3 is 1. The molecule has 2 N–H and O–H groups in total. The third kappa shape index (κ3) is 4.50. The lowest BCUT2D eigenvalue weighted by atomic mass is 9.97. The summed E-state index contributed by atoms with van der Waals surface area (Å²) in [6.07, 6.45) is 7.99. The van der Waals surface area contributed by atoms with Crippen LogP contribution in [-0.2, 0) is 9.47 Å². The number of thioether (sulfide) groups is 1. The maximum absolute atomic E-state index is 10.9. The SMILES string of the molecule is C#Cc1cncc(S[C@H]2OC(CO)[C@H](O)C(n3cc(-c4nc(C)cs4)nn3)C2OC)c1. The van der Waals surface area contributed by atoms with Crippen LogP contribution in [0.2, 0.25) is 0 Å². The minimum atomic E-state index is -1.06. The van der Waals surface area contributed by atoms with Crippen LogP contribution in [0.3, 0.4) is 0 Å². The van der Waals surface area contributed by atoms with Crippen LogP contribution in [0, 0.1) is 19.3 Å². The summed E-state index contributed by atoms with van der Waals surface area (Å²) in [5, 5.41) is 31.8. The standard InChI is InChI=1S/C20H21N5O4S2/c1-4-12-5-13(7-21-6-12)31-20-18(28-3)16(17(27)15(9-26)29-20)25-8-14(23-24-25)19-22-11(2)10-30-19/h1,5-8,10,15-18,20,26-27H,9H2,2-3H3/t15?,16?,17-,18?,20+/m0/s1. The van der Waals surface area contributed by atoms with Crippen molar-refractivity contribution in [3.63, 3.8) is 0 Å². The summed E-state index contributed by atoms with van der Waals surface area (Å²) >= 11 is 2.82. The first-order chi connectivity index (χ1) is 15.0. The van der Waals surface area contributed by atoms with Gasteiger partial charge in [0, 0.05) is 41.0 Å². The van der Waals surface area contributed by atoms with Gasteiger partial charge in [0.2, 0.25) is 0 Å². The number of pyridine rings is 1. The van der Waals surface area contributed by atoms with E-state index in [4.69, 9.17) is 15.9 Å². The Morgan fingerprint density at radius 3 is 2.94 bits per heavy atom. The van der Waals surface area contributed by atoms with E-state index < -0.39 is 29.8 Å². The van der Waals surface area contributed by atoms with Crippen LogP contribution in [0.1, 0.15) is 17.3 Å². The quantitative estimate of drug-likeness (QED) is 0.529. The lowest BCUT2D eigenvalue weighted by molar-refractivity contribution is -0.186. The number of aliphatic hydroxyl groups is 2. The second-order valence-corrected chi connectivity index (χ2v) is 8.99. The average molecular weight is 460 g/mol. The number of hydrogen-bond donors (Lipinski definition) is 2. The van der Waals surface area contributed by atoms with Crippen molar-refractivity contribution in [1.82, 2.24) is 25.0 Å². The molecule has 9 nitrogen and oxygen atoms in total. The Hall–Kier alpha value is -2.33. The molecule has 1 aliphatic rings. The molecule has 1 fully saturated rings. The summed E-state index contributed by atoms with van der Waals surface area (Å²) in [7, 11) is 1.54. The molecule has 0 aliphatic carbocycles. The third-order valence-electron chi connectivity index (χ3n) is 4.88. The van der Waals surface area contributed by atoms with Gasteiger partial charge in [-0.1, -0.05) is 22.9 Å². The topological polar surface area (TPSA) is 115 Å². The first-order valence-corrected chi connectivity index (χ1v) is 11.2. The van der Waals surface area contributed by atoms with E-state index in [1.165, 1.54) is 23.1 Å². The zero-order valence-electron chi connectivity index (χ0n) is 16.8. The fourth-order valence-electron chi connectivity index (χ4n) is 3.40. The van der Waals surface area contributed by atoms with Gasteiger partial charge >= 0.3 is 0 Å². The number of aliphatic hydroxyl groups excluding tert-OH is 2. The summed E-state index contributed by atoms with van der Waals surface area (Å²) in [6.45, 7) is 1.55. The molecule has 0 spiro atoms. The Bertz CT molecular complexity index is 1080. The molecule has 0 radical (unpaired) electrons. The van der Waals surface area contributed by atoms with E-state index in [-0.39, 0.29) is 6.61 Å².